The first kappa shape index (κ1) is 19.1. The summed E-state index contributed by atoms with van der Waals surface area (Å²) >= 11 is 0. The first-order chi connectivity index (χ1) is 14.1. The molecule has 3 nitrogen and oxygen atoms in total. The van der Waals surface area contributed by atoms with Gasteiger partial charge in [-0.3, -0.25) is 4.90 Å². The van der Waals surface area contributed by atoms with Gasteiger partial charge >= 0.3 is 0 Å². The van der Waals surface area contributed by atoms with Crippen LogP contribution in [0.15, 0.2) is 54.6 Å². The maximum Gasteiger partial charge on any atom is 0.0389 e. The van der Waals surface area contributed by atoms with E-state index < -0.39 is 0 Å². The molecule has 4 fully saturated rings. The number of anilines is 1. The van der Waals surface area contributed by atoms with Crippen LogP contribution in [0.25, 0.3) is 11.1 Å². The zero-order valence-electron chi connectivity index (χ0n) is 18.1. The second-order valence-corrected chi connectivity index (χ2v) is 9.63. The van der Waals surface area contributed by atoms with Crippen molar-refractivity contribution in [1.82, 2.24) is 9.80 Å². The standard InChI is InChI=1S/C26H35N3/c1-21-20-28(26(2)13-16-27-14-11-24(26)12-15-27)17-18-29(21)25-10-6-9-23(19-25)22-7-4-3-5-8-22/h3-10,19,21,24H,11-18,20H2,1-2H3. The Kier molecular flexibility index (Phi) is 5.13. The third-order valence-electron chi connectivity index (χ3n) is 8.04. The van der Waals surface area contributed by atoms with E-state index in [4.69, 9.17) is 0 Å². The molecule has 3 heteroatoms. The van der Waals surface area contributed by atoms with Gasteiger partial charge in [0.05, 0.1) is 0 Å². The van der Waals surface area contributed by atoms with Gasteiger partial charge in [-0.2, -0.15) is 0 Å². The molecule has 2 aromatic carbocycles. The Morgan fingerprint density at radius 2 is 1.59 bits per heavy atom. The number of piperazine rings is 1. The van der Waals surface area contributed by atoms with Gasteiger partial charge in [0.1, 0.15) is 0 Å². The van der Waals surface area contributed by atoms with Gasteiger partial charge in [0.25, 0.3) is 0 Å². The van der Waals surface area contributed by atoms with Gasteiger partial charge < -0.3 is 9.80 Å². The van der Waals surface area contributed by atoms with Crippen LogP contribution in [0, 0.1) is 5.92 Å². The fourth-order valence-corrected chi connectivity index (χ4v) is 6.08. The number of fused-ring (bicyclic) bond motifs is 4. The Bertz CT molecular complexity index is 827. The quantitative estimate of drug-likeness (QED) is 0.751. The molecule has 6 rings (SSSR count). The van der Waals surface area contributed by atoms with Crippen molar-refractivity contribution in [2.75, 3.05) is 44.2 Å². The highest BCUT2D eigenvalue weighted by atomic mass is 15.3. The Morgan fingerprint density at radius 1 is 0.828 bits per heavy atom. The van der Waals surface area contributed by atoms with Gasteiger partial charge in [-0.25, -0.2) is 0 Å². The van der Waals surface area contributed by atoms with E-state index in [1.54, 1.807) is 0 Å². The molecule has 4 heterocycles. The Labute approximate surface area is 176 Å². The van der Waals surface area contributed by atoms with Crippen LogP contribution >= 0.6 is 0 Å². The minimum absolute atomic E-state index is 0.386. The molecule has 4 saturated heterocycles. The lowest BCUT2D eigenvalue weighted by Crippen LogP contribution is -2.61. The predicted octanol–water partition coefficient (Wildman–Crippen LogP) is 4.74. The average molecular weight is 390 g/mol. The van der Waals surface area contributed by atoms with Crippen LogP contribution < -0.4 is 4.90 Å². The first-order valence-electron chi connectivity index (χ1n) is 11.5. The van der Waals surface area contributed by atoms with Crippen molar-refractivity contribution >= 4 is 5.69 Å². The number of hydrogen-bond donors (Lipinski definition) is 0. The minimum atomic E-state index is 0.386. The molecule has 0 aromatic heterocycles. The van der Waals surface area contributed by atoms with Crippen LogP contribution in [0.2, 0.25) is 0 Å². The van der Waals surface area contributed by atoms with Gasteiger partial charge in [-0.1, -0.05) is 42.5 Å². The molecule has 0 spiro atoms. The highest BCUT2D eigenvalue weighted by molar-refractivity contribution is 5.68. The highest BCUT2D eigenvalue weighted by Crippen LogP contribution is 2.40. The zero-order chi connectivity index (χ0) is 19.8. The number of piperidine rings is 1. The maximum absolute atomic E-state index is 2.86. The van der Waals surface area contributed by atoms with Crippen molar-refractivity contribution in [3.63, 3.8) is 0 Å². The van der Waals surface area contributed by atoms with E-state index in [2.05, 4.69) is 83.1 Å². The van der Waals surface area contributed by atoms with Crippen molar-refractivity contribution in [1.29, 1.82) is 0 Å². The van der Waals surface area contributed by atoms with E-state index in [9.17, 15) is 0 Å². The van der Waals surface area contributed by atoms with Crippen LogP contribution in [-0.4, -0.2) is 60.6 Å². The normalized spacial score (nSPS) is 32.9. The Morgan fingerprint density at radius 3 is 2.34 bits per heavy atom. The number of hydrogen-bond acceptors (Lipinski definition) is 3. The average Bonchev–Trinajstić information content (AvgIpc) is 3.04. The third-order valence-corrected chi connectivity index (χ3v) is 8.04. The fourth-order valence-electron chi connectivity index (χ4n) is 6.08. The number of benzene rings is 2. The van der Waals surface area contributed by atoms with Crippen LogP contribution in [0.1, 0.15) is 33.1 Å². The smallest absolute Gasteiger partial charge is 0.0389 e. The second-order valence-electron chi connectivity index (χ2n) is 9.63. The van der Waals surface area contributed by atoms with Gasteiger partial charge in [0.2, 0.25) is 0 Å². The van der Waals surface area contributed by atoms with E-state index in [0.717, 1.165) is 12.5 Å². The summed E-state index contributed by atoms with van der Waals surface area (Å²) in [5.41, 5.74) is 4.38. The molecule has 2 bridgehead atoms. The molecule has 0 saturated carbocycles. The van der Waals surface area contributed by atoms with E-state index in [1.807, 2.05) is 0 Å². The van der Waals surface area contributed by atoms with Gasteiger partial charge in [0, 0.05) is 36.9 Å². The van der Waals surface area contributed by atoms with Crippen LogP contribution in [0.4, 0.5) is 5.69 Å². The molecular weight excluding hydrogens is 354 g/mol. The van der Waals surface area contributed by atoms with Crippen molar-refractivity contribution in [3.8, 4) is 11.1 Å². The summed E-state index contributed by atoms with van der Waals surface area (Å²) in [5.74, 6) is 0.876. The summed E-state index contributed by atoms with van der Waals surface area (Å²) < 4.78 is 0. The molecule has 2 unspecified atom stereocenters. The van der Waals surface area contributed by atoms with Crippen LogP contribution in [0.3, 0.4) is 0 Å². The van der Waals surface area contributed by atoms with Gasteiger partial charge in [0.15, 0.2) is 0 Å². The fraction of sp³-hybridized carbons (Fsp3) is 0.538. The summed E-state index contributed by atoms with van der Waals surface area (Å²) in [4.78, 5) is 8.18. The largest absolute Gasteiger partial charge is 0.366 e. The third kappa shape index (κ3) is 3.60. The summed E-state index contributed by atoms with van der Waals surface area (Å²) in [6.45, 7) is 12.4. The van der Waals surface area contributed by atoms with Crippen LogP contribution in [-0.2, 0) is 0 Å². The molecule has 2 aromatic rings. The maximum atomic E-state index is 2.86. The summed E-state index contributed by atoms with van der Waals surface area (Å²) in [6, 6.07) is 20.4. The predicted molar refractivity (Wildman–Crippen MR) is 122 cm³/mol. The zero-order valence-corrected chi connectivity index (χ0v) is 18.1. The SMILES string of the molecule is CC1CN(C2(C)CCN3CCC2CC3)CCN1c1cccc(-c2ccccc2)c1. The monoisotopic (exact) mass is 389 g/mol. The number of rotatable bonds is 3. The molecule has 4 aliphatic rings. The molecule has 2 atom stereocenters. The lowest BCUT2D eigenvalue weighted by atomic mass is 9.77. The first-order valence-corrected chi connectivity index (χ1v) is 11.5. The summed E-state index contributed by atoms with van der Waals surface area (Å²) in [7, 11) is 0. The molecule has 0 aliphatic carbocycles. The summed E-state index contributed by atoms with van der Waals surface area (Å²) in [6.07, 6.45) is 4.13. The van der Waals surface area contributed by atoms with Crippen molar-refractivity contribution in [2.24, 2.45) is 5.92 Å². The molecule has 29 heavy (non-hydrogen) atoms. The van der Waals surface area contributed by atoms with Gasteiger partial charge in [-0.15, -0.1) is 0 Å². The van der Waals surface area contributed by atoms with E-state index >= 15 is 0 Å². The van der Waals surface area contributed by atoms with Crippen molar-refractivity contribution in [3.05, 3.63) is 54.6 Å². The molecule has 0 N–H and O–H groups in total. The molecular formula is C26H35N3. The molecule has 0 radical (unpaired) electrons. The number of nitrogens with zero attached hydrogens (tertiary/aromatic N) is 3. The minimum Gasteiger partial charge on any atom is -0.366 e. The highest BCUT2D eigenvalue weighted by Gasteiger charge is 2.45. The topological polar surface area (TPSA) is 9.72 Å². The lowest BCUT2D eigenvalue weighted by molar-refractivity contribution is 0.0259. The lowest BCUT2D eigenvalue weighted by Gasteiger charge is -2.52. The van der Waals surface area contributed by atoms with E-state index in [0.29, 0.717) is 11.6 Å². The molecule has 4 aliphatic heterocycles. The Hall–Kier alpha value is -1.84. The van der Waals surface area contributed by atoms with Crippen molar-refractivity contribution < 1.29 is 0 Å². The van der Waals surface area contributed by atoms with Gasteiger partial charge in [-0.05, 0) is 81.9 Å². The second kappa shape index (κ2) is 7.77. The summed E-state index contributed by atoms with van der Waals surface area (Å²) in [5, 5.41) is 0. The molecule has 0 amide bonds. The van der Waals surface area contributed by atoms with E-state index in [1.165, 1.54) is 68.8 Å². The van der Waals surface area contributed by atoms with Crippen molar-refractivity contribution in [2.45, 2.75) is 44.7 Å². The molecule has 154 valence electrons. The van der Waals surface area contributed by atoms with E-state index in [-0.39, 0.29) is 0 Å². The Balaban J connectivity index is 1.33. The van der Waals surface area contributed by atoms with Crippen LogP contribution in [0.5, 0.6) is 0 Å².